The number of hydrogen-bond donors (Lipinski definition) is 0. The van der Waals surface area contributed by atoms with Crippen molar-refractivity contribution in [2.45, 2.75) is 89.0 Å². The van der Waals surface area contributed by atoms with Crippen molar-refractivity contribution in [1.29, 1.82) is 0 Å². The van der Waals surface area contributed by atoms with E-state index in [0.717, 1.165) is 12.8 Å². The Labute approximate surface area is 303 Å². The molecule has 0 nitrogen and oxygen atoms in total. The summed E-state index contributed by atoms with van der Waals surface area (Å²) < 4.78 is 0. The first-order valence-corrected chi connectivity index (χ1v) is 23.0. The fourth-order valence-electron chi connectivity index (χ4n) is 6.51. The second-order valence-corrected chi connectivity index (χ2v) is 16.1. The van der Waals surface area contributed by atoms with Crippen LogP contribution < -0.4 is 0 Å². The molecule has 0 bridgehead atoms. The van der Waals surface area contributed by atoms with Crippen LogP contribution in [0, 0.1) is 62.3 Å². The fraction of sp³-hybridized carbons (Fsp3) is 0.295. The number of benzene rings is 4. The SMILES string of the molecule is CCc1cc2c(-c3ccc(C)cc3)c(C)c(C)c(C)c2[cH-]1.CCc1cc2c(-c3ccc(C)cc3)c(C)c(C)c(C)c2[cH-]1.[CH2-]C.[Cl][Zr][Cl]. The van der Waals surface area contributed by atoms with Gasteiger partial charge in [-0.15, -0.1) is 55.9 Å². The quantitative estimate of drug-likeness (QED) is 0.158. The van der Waals surface area contributed by atoms with Gasteiger partial charge in [-0.1, -0.05) is 121 Å². The minimum absolute atomic E-state index is 0.826. The zero-order chi connectivity index (χ0) is 35.0. The molecule has 0 unspecified atom stereocenters. The van der Waals surface area contributed by atoms with Crippen LogP contribution in [0.5, 0.6) is 0 Å². The van der Waals surface area contributed by atoms with Crippen LogP contribution in [0.3, 0.4) is 0 Å². The summed E-state index contributed by atoms with van der Waals surface area (Å²) in [7, 11) is 9.87. The van der Waals surface area contributed by atoms with Gasteiger partial charge in [0.2, 0.25) is 0 Å². The van der Waals surface area contributed by atoms with Crippen LogP contribution >= 0.6 is 17.0 Å². The first kappa shape index (κ1) is 39.0. The Bertz CT molecular complexity index is 1770. The molecule has 0 heterocycles. The van der Waals surface area contributed by atoms with Crippen molar-refractivity contribution in [3.63, 3.8) is 0 Å². The minimum atomic E-state index is -0.826. The van der Waals surface area contributed by atoms with E-state index in [1.54, 1.807) is 6.92 Å². The molecule has 0 aliphatic rings. The molecule has 6 aromatic carbocycles. The van der Waals surface area contributed by atoms with Gasteiger partial charge in [-0.25, -0.2) is 0 Å². The van der Waals surface area contributed by atoms with Gasteiger partial charge in [-0.3, -0.25) is 0 Å². The van der Waals surface area contributed by atoms with Crippen LogP contribution in [0.25, 0.3) is 43.8 Å². The number of aryl methyl sites for hydroxylation is 6. The van der Waals surface area contributed by atoms with Gasteiger partial charge in [0.05, 0.1) is 0 Å². The van der Waals surface area contributed by atoms with Gasteiger partial charge in [0.1, 0.15) is 0 Å². The molecule has 0 radical (unpaired) electrons. The Kier molecular flexibility index (Phi) is 14.8. The maximum atomic E-state index is 4.93. The third kappa shape index (κ3) is 8.60. The topological polar surface area (TPSA) is 0 Å². The Morgan fingerprint density at radius 2 is 0.809 bits per heavy atom. The van der Waals surface area contributed by atoms with Crippen molar-refractivity contribution in [3.05, 3.63) is 135 Å². The molecule has 6 aromatic rings. The molecule has 0 fully saturated rings. The standard InChI is InChI=1S/2C21H23.C2H5.2ClH.Zr/c2*1-6-17-11-19-15(4)14(3)16(5)21(20(19)12-17)18-9-7-13(2)8-10-18;1-2;;;/h2*7-12H,6H2,1-5H3;1H2,2H3;2*1H;/q3*-1;;;+2/p-2. The summed E-state index contributed by atoms with van der Waals surface area (Å²) in [6.07, 6.45) is 2.19. The molecule has 6 rings (SSSR count). The second kappa shape index (κ2) is 17.8. The van der Waals surface area contributed by atoms with Crippen LogP contribution in [-0.4, -0.2) is 0 Å². The van der Waals surface area contributed by atoms with E-state index in [-0.39, 0.29) is 0 Å². The third-order valence-electron chi connectivity index (χ3n) is 9.74. The number of fused-ring (bicyclic) bond motifs is 2. The molecule has 47 heavy (non-hydrogen) atoms. The first-order valence-electron chi connectivity index (χ1n) is 16.7. The van der Waals surface area contributed by atoms with Crippen LogP contribution in [0.2, 0.25) is 0 Å². The summed E-state index contributed by atoms with van der Waals surface area (Å²) in [6.45, 7) is 27.3. The van der Waals surface area contributed by atoms with Crippen LogP contribution in [0.15, 0.2) is 72.8 Å². The van der Waals surface area contributed by atoms with Crippen molar-refractivity contribution < 1.29 is 20.8 Å². The van der Waals surface area contributed by atoms with E-state index < -0.39 is 20.8 Å². The van der Waals surface area contributed by atoms with Gasteiger partial charge in [0, 0.05) is 0 Å². The number of rotatable bonds is 4. The van der Waals surface area contributed by atoms with Crippen molar-refractivity contribution in [2.24, 2.45) is 0 Å². The van der Waals surface area contributed by atoms with E-state index >= 15 is 0 Å². The molecule has 0 amide bonds. The normalized spacial score (nSPS) is 10.5. The van der Waals surface area contributed by atoms with E-state index in [1.807, 2.05) is 0 Å². The fourth-order valence-corrected chi connectivity index (χ4v) is 6.51. The van der Waals surface area contributed by atoms with Gasteiger partial charge < -0.3 is 6.92 Å². The average Bonchev–Trinajstić information content (AvgIpc) is 3.71. The molecule has 0 aromatic heterocycles. The molecule has 0 aliphatic heterocycles. The van der Waals surface area contributed by atoms with Crippen LogP contribution in [-0.2, 0) is 33.7 Å². The second-order valence-electron chi connectivity index (χ2n) is 12.4. The van der Waals surface area contributed by atoms with Gasteiger partial charge in [-0.2, -0.15) is 19.1 Å². The molecule has 0 saturated heterocycles. The third-order valence-corrected chi connectivity index (χ3v) is 9.74. The van der Waals surface area contributed by atoms with Gasteiger partial charge in [-0.05, 0) is 65.5 Å². The average molecular weight is 742 g/mol. The van der Waals surface area contributed by atoms with Crippen molar-refractivity contribution >= 4 is 38.6 Å². The molecule has 0 atom stereocenters. The van der Waals surface area contributed by atoms with Crippen molar-refractivity contribution in [3.8, 4) is 22.3 Å². The Balaban J connectivity index is 0.000000225. The number of hydrogen-bond acceptors (Lipinski definition) is 0. The zero-order valence-corrected chi connectivity index (χ0v) is 34.3. The van der Waals surface area contributed by atoms with Gasteiger partial charge in [0.15, 0.2) is 0 Å². The maximum absolute atomic E-state index is 4.93. The summed E-state index contributed by atoms with van der Waals surface area (Å²) in [5.74, 6) is 0. The summed E-state index contributed by atoms with van der Waals surface area (Å²) in [5, 5.41) is 5.67. The summed E-state index contributed by atoms with van der Waals surface area (Å²) in [4.78, 5) is 0. The molecular weight excluding hydrogens is 691 g/mol. The van der Waals surface area contributed by atoms with Gasteiger partial charge >= 0.3 is 37.9 Å². The van der Waals surface area contributed by atoms with E-state index in [1.165, 1.54) is 99.4 Å². The summed E-state index contributed by atoms with van der Waals surface area (Å²) >= 11 is -0.826. The first-order chi connectivity index (χ1) is 22.5. The summed E-state index contributed by atoms with van der Waals surface area (Å²) in [5.41, 5.74) is 19.5. The number of halogens is 2. The molecular formula is C44H51Cl2Zr-3. The Morgan fingerprint density at radius 1 is 0.511 bits per heavy atom. The molecule has 0 aliphatic carbocycles. The molecule has 0 N–H and O–H groups in total. The molecule has 248 valence electrons. The van der Waals surface area contributed by atoms with Crippen LogP contribution in [0.4, 0.5) is 0 Å². The molecule has 3 heteroatoms. The van der Waals surface area contributed by atoms with E-state index in [4.69, 9.17) is 17.0 Å². The molecule has 0 spiro atoms. The van der Waals surface area contributed by atoms with Crippen molar-refractivity contribution in [1.82, 2.24) is 0 Å². The Morgan fingerprint density at radius 3 is 1.09 bits per heavy atom. The molecule has 0 saturated carbocycles. The summed E-state index contributed by atoms with van der Waals surface area (Å²) in [6, 6.07) is 27.3. The predicted molar refractivity (Wildman–Crippen MR) is 209 cm³/mol. The monoisotopic (exact) mass is 739 g/mol. The van der Waals surface area contributed by atoms with Crippen molar-refractivity contribution in [2.75, 3.05) is 0 Å². The predicted octanol–water partition coefficient (Wildman–Crippen LogP) is 14.3. The van der Waals surface area contributed by atoms with Crippen LogP contribution in [0.1, 0.15) is 76.4 Å². The van der Waals surface area contributed by atoms with E-state index in [9.17, 15) is 0 Å². The van der Waals surface area contributed by atoms with E-state index in [2.05, 4.69) is 149 Å². The Hall–Kier alpha value is -2.44. The van der Waals surface area contributed by atoms with Gasteiger partial charge in [0.25, 0.3) is 0 Å². The zero-order valence-electron chi connectivity index (χ0n) is 30.3. The van der Waals surface area contributed by atoms with E-state index in [0.29, 0.717) is 0 Å².